The minimum absolute atomic E-state index is 0.0866. The average Bonchev–Trinajstić information content (AvgIpc) is 2.54. The van der Waals surface area contributed by atoms with Crippen LogP contribution in [0.5, 0.6) is 0 Å². The minimum atomic E-state index is -0.418. The summed E-state index contributed by atoms with van der Waals surface area (Å²) in [7, 11) is 0. The van der Waals surface area contributed by atoms with E-state index in [0.717, 1.165) is 5.56 Å². The normalized spacial score (nSPS) is 11.8. The molecule has 1 amide bonds. The molecule has 2 aromatic rings. The molecule has 1 N–H and O–H groups in total. The Kier molecular flexibility index (Phi) is 5.57. The molecule has 2 rings (SSSR count). The maximum Gasteiger partial charge on any atom is 0.220 e. The van der Waals surface area contributed by atoms with Crippen molar-refractivity contribution >= 4 is 11.7 Å². The second-order valence-corrected chi connectivity index (χ2v) is 5.36. The summed E-state index contributed by atoms with van der Waals surface area (Å²) in [6.07, 6.45) is 0.197. The van der Waals surface area contributed by atoms with Crippen molar-refractivity contribution in [2.75, 3.05) is 6.54 Å². The van der Waals surface area contributed by atoms with Gasteiger partial charge in [-0.25, -0.2) is 8.78 Å². The third-order valence-corrected chi connectivity index (χ3v) is 3.54. The van der Waals surface area contributed by atoms with Crippen molar-refractivity contribution in [3.8, 4) is 0 Å². The van der Waals surface area contributed by atoms with Crippen molar-refractivity contribution < 1.29 is 18.4 Å². The van der Waals surface area contributed by atoms with Gasteiger partial charge in [-0.15, -0.1) is 0 Å². The van der Waals surface area contributed by atoms with Crippen molar-refractivity contribution in [2.45, 2.75) is 19.3 Å². The highest BCUT2D eigenvalue weighted by Gasteiger charge is 2.13. The van der Waals surface area contributed by atoms with Crippen LogP contribution in [0.2, 0.25) is 0 Å². The average molecular weight is 317 g/mol. The predicted octanol–water partition coefficient (Wildman–Crippen LogP) is 3.46. The Morgan fingerprint density at radius 2 is 1.48 bits per heavy atom. The van der Waals surface area contributed by atoms with Crippen molar-refractivity contribution in [1.82, 2.24) is 5.32 Å². The van der Waals surface area contributed by atoms with E-state index in [1.807, 2.05) is 6.92 Å². The first-order valence-corrected chi connectivity index (χ1v) is 7.26. The molecule has 1 atom stereocenters. The topological polar surface area (TPSA) is 46.2 Å². The molecule has 120 valence electrons. The molecular weight excluding hydrogens is 300 g/mol. The largest absolute Gasteiger partial charge is 0.349 e. The quantitative estimate of drug-likeness (QED) is 0.829. The van der Waals surface area contributed by atoms with Crippen LogP contribution in [-0.2, 0) is 4.79 Å². The third kappa shape index (κ3) is 4.98. The lowest BCUT2D eigenvalue weighted by atomic mass is 9.97. The number of benzene rings is 2. The molecule has 0 aliphatic heterocycles. The zero-order chi connectivity index (χ0) is 16.8. The molecular formula is C18H17F2NO2. The van der Waals surface area contributed by atoms with Gasteiger partial charge < -0.3 is 5.32 Å². The van der Waals surface area contributed by atoms with E-state index in [9.17, 15) is 18.4 Å². The summed E-state index contributed by atoms with van der Waals surface area (Å²) in [5.74, 6) is -1.38. The third-order valence-electron chi connectivity index (χ3n) is 3.54. The zero-order valence-corrected chi connectivity index (χ0v) is 12.7. The van der Waals surface area contributed by atoms with Gasteiger partial charge in [-0.05, 0) is 47.9 Å². The molecule has 0 aromatic heterocycles. The fourth-order valence-electron chi connectivity index (χ4n) is 2.18. The van der Waals surface area contributed by atoms with E-state index < -0.39 is 5.82 Å². The number of Topliss-reactive ketones (excluding diaryl/α,β-unsaturated/α-hetero) is 1. The van der Waals surface area contributed by atoms with Gasteiger partial charge in [0, 0.05) is 12.0 Å². The summed E-state index contributed by atoms with van der Waals surface area (Å²) < 4.78 is 25.7. The first-order valence-electron chi connectivity index (χ1n) is 7.26. The van der Waals surface area contributed by atoms with Gasteiger partial charge in [-0.3, -0.25) is 9.59 Å². The van der Waals surface area contributed by atoms with E-state index in [-0.39, 0.29) is 36.4 Å². The van der Waals surface area contributed by atoms with Crippen LogP contribution in [0.4, 0.5) is 8.78 Å². The van der Waals surface area contributed by atoms with E-state index in [2.05, 4.69) is 5.32 Å². The molecule has 5 heteroatoms. The lowest BCUT2D eigenvalue weighted by Gasteiger charge is -2.12. The Morgan fingerprint density at radius 3 is 2.04 bits per heavy atom. The predicted molar refractivity (Wildman–Crippen MR) is 83.2 cm³/mol. The Morgan fingerprint density at radius 1 is 0.957 bits per heavy atom. The highest BCUT2D eigenvalue weighted by atomic mass is 19.1. The van der Waals surface area contributed by atoms with Gasteiger partial charge in [-0.2, -0.15) is 0 Å². The van der Waals surface area contributed by atoms with Crippen LogP contribution < -0.4 is 5.32 Å². The van der Waals surface area contributed by atoms with Gasteiger partial charge in [0.05, 0.1) is 6.54 Å². The first-order chi connectivity index (χ1) is 11.0. The lowest BCUT2D eigenvalue weighted by molar-refractivity contribution is -0.121. The molecule has 0 saturated carbocycles. The molecule has 0 heterocycles. The maximum absolute atomic E-state index is 12.9. The second-order valence-electron chi connectivity index (χ2n) is 5.36. The van der Waals surface area contributed by atoms with Crippen LogP contribution >= 0.6 is 0 Å². The van der Waals surface area contributed by atoms with Crippen LogP contribution in [0.3, 0.4) is 0 Å². The van der Waals surface area contributed by atoms with Crippen LogP contribution in [0.1, 0.15) is 35.2 Å². The van der Waals surface area contributed by atoms with Crippen molar-refractivity contribution in [1.29, 1.82) is 0 Å². The number of amides is 1. The lowest BCUT2D eigenvalue weighted by Crippen LogP contribution is -2.30. The SMILES string of the molecule is CC(CC(=O)NCC(=O)c1ccc(F)cc1)c1ccc(F)cc1. The molecule has 23 heavy (non-hydrogen) atoms. The van der Waals surface area contributed by atoms with E-state index in [4.69, 9.17) is 0 Å². The van der Waals surface area contributed by atoms with Gasteiger partial charge in [0.15, 0.2) is 5.78 Å². The Balaban J connectivity index is 1.83. The van der Waals surface area contributed by atoms with Crippen LogP contribution in [0, 0.1) is 11.6 Å². The maximum atomic E-state index is 12.9. The standard InChI is InChI=1S/C18H17F2NO2/c1-12(13-2-6-15(19)7-3-13)10-18(23)21-11-17(22)14-4-8-16(20)9-5-14/h2-9,12H,10-11H2,1H3,(H,21,23). The molecule has 2 aromatic carbocycles. The molecule has 0 bridgehead atoms. The summed E-state index contributed by atoms with van der Waals surface area (Å²) in [4.78, 5) is 23.8. The van der Waals surface area contributed by atoms with Gasteiger partial charge in [0.1, 0.15) is 11.6 Å². The number of nitrogens with one attached hydrogen (secondary N) is 1. The van der Waals surface area contributed by atoms with E-state index in [1.54, 1.807) is 12.1 Å². The van der Waals surface area contributed by atoms with Crippen molar-refractivity contribution in [3.63, 3.8) is 0 Å². The highest BCUT2D eigenvalue weighted by molar-refractivity contribution is 5.99. The number of hydrogen-bond donors (Lipinski definition) is 1. The van der Waals surface area contributed by atoms with Crippen LogP contribution in [0.15, 0.2) is 48.5 Å². The van der Waals surface area contributed by atoms with Crippen molar-refractivity contribution in [2.24, 2.45) is 0 Å². The molecule has 1 unspecified atom stereocenters. The fourth-order valence-corrected chi connectivity index (χ4v) is 2.18. The molecule has 0 spiro atoms. The smallest absolute Gasteiger partial charge is 0.220 e. The molecule has 0 aliphatic rings. The molecule has 0 radical (unpaired) electrons. The molecule has 0 aliphatic carbocycles. The van der Waals surface area contributed by atoms with E-state index >= 15 is 0 Å². The molecule has 0 fully saturated rings. The van der Waals surface area contributed by atoms with E-state index in [1.165, 1.54) is 36.4 Å². The molecule has 0 saturated heterocycles. The van der Waals surface area contributed by atoms with Gasteiger partial charge in [-0.1, -0.05) is 19.1 Å². The monoisotopic (exact) mass is 317 g/mol. The van der Waals surface area contributed by atoms with Crippen LogP contribution in [0.25, 0.3) is 0 Å². The number of carbonyl (C=O) groups is 2. The Hall–Kier alpha value is -2.56. The first kappa shape index (κ1) is 16.8. The number of rotatable bonds is 6. The van der Waals surface area contributed by atoms with Crippen LogP contribution in [-0.4, -0.2) is 18.2 Å². The highest BCUT2D eigenvalue weighted by Crippen LogP contribution is 2.19. The fraction of sp³-hybridized carbons (Fsp3) is 0.222. The number of halogens is 2. The number of ketones is 1. The number of hydrogen-bond acceptors (Lipinski definition) is 2. The summed E-state index contributed by atoms with van der Waals surface area (Å²) in [5.41, 5.74) is 1.20. The van der Waals surface area contributed by atoms with Crippen molar-refractivity contribution in [3.05, 3.63) is 71.3 Å². The summed E-state index contributed by atoms with van der Waals surface area (Å²) in [6.45, 7) is 1.72. The number of carbonyl (C=O) groups excluding carboxylic acids is 2. The van der Waals surface area contributed by atoms with E-state index in [0.29, 0.717) is 5.56 Å². The Bertz CT molecular complexity index is 681. The molecule has 3 nitrogen and oxygen atoms in total. The second kappa shape index (κ2) is 7.63. The summed E-state index contributed by atoms with van der Waals surface area (Å²) in [5, 5.41) is 2.55. The van der Waals surface area contributed by atoms with Gasteiger partial charge in [0.2, 0.25) is 5.91 Å². The minimum Gasteiger partial charge on any atom is -0.349 e. The summed E-state index contributed by atoms with van der Waals surface area (Å²) in [6, 6.07) is 11.1. The van der Waals surface area contributed by atoms with Gasteiger partial charge in [0.25, 0.3) is 0 Å². The van der Waals surface area contributed by atoms with Gasteiger partial charge >= 0.3 is 0 Å². The zero-order valence-electron chi connectivity index (χ0n) is 12.7. The Labute approximate surface area is 133 Å². The summed E-state index contributed by atoms with van der Waals surface area (Å²) >= 11 is 0.